The highest BCUT2D eigenvalue weighted by atomic mass is 16.5. The summed E-state index contributed by atoms with van der Waals surface area (Å²) in [7, 11) is 0. The molecule has 0 heterocycles. The smallest absolute Gasteiger partial charge is 0.337 e. The molecule has 0 aromatic heterocycles. The minimum Gasteiger partial charge on any atom is -0.487 e. The van der Waals surface area contributed by atoms with E-state index in [0.717, 1.165) is 42.9 Å². The Balaban J connectivity index is 2.20. The Hall–Kier alpha value is -3.02. The molecule has 29 heavy (non-hydrogen) atoms. The van der Waals surface area contributed by atoms with Gasteiger partial charge in [0, 0.05) is 19.5 Å². The summed E-state index contributed by atoms with van der Waals surface area (Å²) in [6.45, 7) is 8.16. The van der Waals surface area contributed by atoms with E-state index >= 15 is 0 Å². The molecule has 0 bridgehead atoms. The zero-order valence-electron chi connectivity index (χ0n) is 17.4. The van der Waals surface area contributed by atoms with Crippen LogP contribution in [0.25, 0.3) is 0 Å². The van der Waals surface area contributed by atoms with E-state index in [1.165, 1.54) is 0 Å². The third-order valence-corrected chi connectivity index (χ3v) is 4.50. The van der Waals surface area contributed by atoms with Gasteiger partial charge in [0.15, 0.2) is 0 Å². The zero-order chi connectivity index (χ0) is 21.2. The molecule has 2 aromatic rings. The molecule has 2 rings (SSSR count). The average Bonchev–Trinajstić information content (AvgIpc) is 2.72. The third-order valence-electron chi connectivity index (χ3n) is 4.50. The van der Waals surface area contributed by atoms with E-state index in [9.17, 15) is 14.7 Å². The Morgan fingerprint density at radius 2 is 1.72 bits per heavy atom. The highest BCUT2D eigenvalue weighted by Crippen LogP contribution is 2.29. The Morgan fingerprint density at radius 3 is 2.34 bits per heavy atom. The standard InChI is InChI=1S/C23H30N2O4/c1-4-13-25(14-5-2)20-9-7-8-10-21(20)29-16-17-11-12-19(24-22(26)6-3)18(15-17)23(27)28/h7-12,15H,4-6,13-14,16H2,1-3H3,(H,24,26)(H,27,28). The lowest BCUT2D eigenvalue weighted by molar-refractivity contribution is -0.115. The summed E-state index contributed by atoms with van der Waals surface area (Å²) >= 11 is 0. The number of carboxylic acids is 1. The van der Waals surface area contributed by atoms with Gasteiger partial charge in [-0.15, -0.1) is 0 Å². The number of para-hydroxylation sites is 2. The fourth-order valence-electron chi connectivity index (χ4n) is 3.10. The van der Waals surface area contributed by atoms with Crippen LogP contribution in [0.3, 0.4) is 0 Å². The van der Waals surface area contributed by atoms with Gasteiger partial charge in [0.2, 0.25) is 5.91 Å². The van der Waals surface area contributed by atoms with Gasteiger partial charge in [-0.1, -0.05) is 39.0 Å². The van der Waals surface area contributed by atoms with E-state index in [-0.39, 0.29) is 24.5 Å². The lowest BCUT2D eigenvalue weighted by Crippen LogP contribution is -2.25. The molecule has 1 amide bonds. The number of carbonyl (C=O) groups is 2. The maximum atomic E-state index is 11.6. The van der Waals surface area contributed by atoms with Crippen LogP contribution in [0, 0.1) is 0 Å². The van der Waals surface area contributed by atoms with Gasteiger partial charge >= 0.3 is 5.97 Å². The van der Waals surface area contributed by atoms with Crippen molar-refractivity contribution < 1.29 is 19.4 Å². The molecule has 6 nitrogen and oxygen atoms in total. The predicted molar refractivity (Wildman–Crippen MR) is 116 cm³/mol. The molecule has 0 saturated carbocycles. The molecule has 156 valence electrons. The van der Waals surface area contributed by atoms with Crippen LogP contribution in [0.15, 0.2) is 42.5 Å². The second kappa shape index (κ2) is 11.1. The number of carbonyl (C=O) groups excluding carboxylic acids is 1. The van der Waals surface area contributed by atoms with E-state index < -0.39 is 5.97 Å². The molecular formula is C23H30N2O4. The van der Waals surface area contributed by atoms with Crippen molar-refractivity contribution in [3.05, 3.63) is 53.6 Å². The number of ether oxygens (including phenoxy) is 1. The van der Waals surface area contributed by atoms with Crippen molar-refractivity contribution in [3.63, 3.8) is 0 Å². The van der Waals surface area contributed by atoms with Crippen LogP contribution in [0.1, 0.15) is 56.0 Å². The normalized spacial score (nSPS) is 10.4. The summed E-state index contributed by atoms with van der Waals surface area (Å²) in [5.74, 6) is -0.539. The molecule has 0 aliphatic carbocycles. The number of anilines is 2. The first-order chi connectivity index (χ1) is 14.0. The van der Waals surface area contributed by atoms with Gasteiger partial charge in [-0.2, -0.15) is 0 Å². The second-order valence-electron chi connectivity index (χ2n) is 6.83. The fraction of sp³-hybridized carbons (Fsp3) is 0.391. The minimum atomic E-state index is -1.09. The SMILES string of the molecule is CCCN(CCC)c1ccccc1OCc1ccc(NC(=O)CC)c(C(=O)O)c1. The van der Waals surface area contributed by atoms with Crippen LogP contribution in [0.5, 0.6) is 5.75 Å². The average molecular weight is 399 g/mol. The summed E-state index contributed by atoms with van der Waals surface area (Å²) in [4.78, 5) is 25.5. The number of nitrogens with one attached hydrogen (secondary N) is 1. The molecule has 0 aliphatic rings. The van der Waals surface area contributed by atoms with E-state index in [2.05, 4.69) is 24.1 Å². The first-order valence-corrected chi connectivity index (χ1v) is 10.1. The van der Waals surface area contributed by atoms with Crippen LogP contribution < -0.4 is 15.0 Å². The van der Waals surface area contributed by atoms with Crippen molar-refractivity contribution in [1.29, 1.82) is 0 Å². The van der Waals surface area contributed by atoms with Gasteiger partial charge in [-0.25, -0.2) is 4.79 Å². The molecule has 6 heteroatoms. The maximum Gasteiger partial charge on any atom is 0.337 e. The number of rotatable bonds is 11. The second-order valence-corrected chi connectivity index (χ2v) is 6.83. The summed E-state index contributed by atoms with van der Waals surface area (Å²) in [6, 6.07) is 12.8. The van der Waals surface area contributed by atoms with Crippen LogP contribution in [0.4, 0.5) is 11.4 Å². The molecular weight excluding hydrogens is 368 g/mol. The Labute approximate surface area is 172 Å². The van der Waals surface area contributed by atoms with Crippen LogP contribution in [0.2, 0.25) is 0 Å². The van der Waals surface area contributed by atoms with Crippen molar-refractivity contribution in [2.45, 2.75) is 46.6 Å². The number of hydrogen-bond acceptors (Lipinski definition) is 4. The van der Waals surface area contributed by atoms with Crippen molar-refractivity contribution >= 4 is 23.3 Å². The number of hydrogen-bond donors (Lipinski definition) is 2. The predicted octanol–water partition coefficient (Wildman–Crippen LogP) is 4.94. The Morgan fingerprint density at radius 1 is 1.03 bits per heavy atom. The molecule has 0 fully saturated rings. The van der Waals surface area contributed by atoms with Crippen molar-refractivity contribution in [2.75, 3.05) is 23.3 Å². The molecule has 0 unspecified atom stereocenters. The van der Waals surface area contributed by atoms with Gasteiger partial charge in [0.05, 0.1) is 16.9 Å². The monoisotopic (exact) mass is 398 g/mol. The van der Waals surface area contributed by atoms with Gasteiger partial charge < -0.3 is 20.1 Å². The van der Waals surface area contributed by atoms with Gasteiger partial charge in [0.25, 0.3) is 0 Å². The number of amides is 1. The van der Waals surface area contributed by atoms with E-state index in [4.69, 9.17) is 4.74 Å². The highest BCUT2D eigenvalue weighted by Gasteiger charge is 2.14. The third kappa shape index (κ3) is 6.24. The van der Waals surface area contributed by atoms with E-state index in [0.29, 0.717) is 5.69 Å². The van der Waals surface area contributed by atoms with Crippen molar-refractivity contribution in [2.24, 2.45) is 0 Å². The number of aromatic carboxylic acids is 1. The first kappa shape index (κ1) is 22.3. The van der Waals surface area contributed by atoms with Gasteiger partial charge in [-0.3, -0.25) is 4.79 Å². The van der Waals surface area contributed by atoms with Gasteiger partial charge in [-0.05, 0) is 42.7 Å². The molecule has 2 aromatic carbocycles. The van der Waals surface area contributed by atoms with Crippen LogP contribution >= 0.6 is 0 Å². The van der Waals surface area contributed by atoms with E-state index in [1.807, 2.05) is 24.3 Å². The number of benzene rings is 2. The Kier molecular flexibility index (Phi) is 8.52. The summed E-state index contributed by atoms with van der Waals surface area (Å²) in [5.41, 5.74) is 2.12. The van der Waals surface area contributed by atoms with Crippen molar-refractivity contribution in [3.8, 4) is 5.75 Å². The highest BCUT2D eigenvalue weighted by molar-refractivity contribution is 6.00. The summed E-state index contributed by atoms with van der Waals surface area (Å²) in [6.07, 6.45) is 2.37. The van der Waals surface area contributed by atoms with Gasteiger partial charge in [0.1, 0.15) is 12.4 Å². The number of nitrogens with zero attached hydrogens (tertiary/aromatic N) is 1. The lowest BCUT2D eigenvalue weighted by atomic mass is 10.1. The quantitative estimate of drug-likeness (QED) is 0.561. The zero-order valence-corrected chi connectivity index (χ0v) is 17.4. The fourth-order valence-corrected chi connectivity index (χ4v) is 3.10. The summed E-state index contributed by atoms with van der Waals surface area (Å²) < 4.78 is 6.05. The Bertz CT molecular complexity index is 829. The lowest BCUT2D eigenvalue weighted by Gasteiger charge is -2.26. The maximum absolute atomic E-state index is 11.6. The van der Waals surface area contributed by atoms with Crippen molar-refractivity contribution in [1.82, 2.24) is 0 Å². The molecule has 0 aliphatic heterocycles. The summed E-state index contributed by atoms with van der Waals surface area (Å²) in [5, 5.41) is 12.1. The molecule has 0 atom stereocenters. The van der Waals surface area contributed by atoms with Crippen LogP contribution in [-0.4, -0.2) is 30.1 Å². The largest absolute Gasteiger partial charge is 0.487 e. The number of carboxylic acid groups (broad SMARTS) is 1. The molecule has 0 radical (unpaired) electrons. The van der Waals surface area contributed by atoms with E-state index in [1.54, 1.807) is 25.1 Å². The van der Waals surface area contributed by atoms with Crippen LogP contribution in [-0.2, 0) is 11.4 Å². The first-order valence-electron chi connectivity index (χ1n) is 10.1. The molecule has 2 N–H and O–H groups in total. The molecule has 0 spiro atoms. The molecule has 0 saturated heterocycles. The topological polar surface area (TPSA) is 78.9 Å². The minimum absolute atomic E-state index is 0.0553.